The van der Waals surface area contributed by atoms with E-state index >= 15 is 0 Å². The number of hydrogen-bond donors (Lipinski definition) is 1. The molecule has 1 aliphatic heterocycles. The fraction of sp³-hybridized carbons (Fsp3) is 0.636. The summed E-state index contributed by atoms with van der Waals surface area (Å²) >= 11 is 0. The number of aromatic nitrogens is 2. The highest BCUT2D eigenvalue weighted by molar-refractivity contribution is 5.67. The minimum atomic E-state index is -0.787. The number of nitrogens with zero attached hydrogens (tertiary/aromatic N) is 3. The number of hydrogen-bond acceptors (Lipinski definition) is 4. The molecule has 0 bridgehead atoms. The van der Waals surface area contributed by atoms with Gasteiger partial charge in [-0.3, -0.25) is 9.69 Å². The molecule has 6 nitrogen and oxygen atoms in total. The minimum absolute atomic E-state index is 0.0575. The third-order valence-electron chi connectivity index (χ3n) is 3.03. The summed E-state index contributed by atoms with van der Waals surface area (Å²) in [5, 5.41) is 8.86. The molecule has 6 heteroatoms. The molecule has 1 aromatic heterocycles. The van der Waals surface area contributed by atoms with E-state index < -0.39 is 5.97 Å². The molecule has 1 aromatic rings. The normalized spacial score (nSPS) is 21.6. The molecular formula is C11H17N3O3. The van der Waals surface area contributed by atoms with Crippen LogP contribution in [0.25, 0.3) is 0 Å². The number of carbonyl (C=O) groups is 1. The molecule has 1 N–H and O–H groups in total. The lowest BCUT2D eigenvalue weighted by Crippen LogP contribution is -2.46. The Hall–Kier alpha value is -1.40. The molecule has 2 heterocycles. The van der Waals surface area contributed by atoms with Crippen molar-refractivity contribution in [2.45, 2.75) is 19.0 Å². The quantitative estimate of drug-likeness (QED) is 0.807. The number of carboxylic acid groups (broad SMARTS) is 1. The number of morpholine rings is 1. The first-order valence-corrected chi connectivity index (χ1v) is 5.66. The van der Waals surface area contributed by atoms with Gasteiger partial charge in [0.2, 0.25) is 0 Å². The first kappa shape index (κ1) is 12.1. The van der Waals surface area contributed by atoms with Crippen LogP contribution in [-0.2, 0) is 23.1 Å². The van der Waals surface area contributed by atoms with Crippen LogP contribution in [0.4, 0.5) is 0 Å². The lowest BCUT2D eigenvalue weighted by molar-refractivity contribution is -0.140. The van der Waals surface area contributed by atoms with Crippen LogP contribution in [0.5, 0.6) is 0 Å². The molecule has 1 unspecified atom stereocenters. The van der Waals surface area contributed by atoms with Crippen molar-refractivity contribution in [3.05, 3.63) is 18.2 Å². The summed E-state index contributed by atoms with van der Waals surface area (Å²) in [5.74, 6) is 0.160. The molecule has 94 valence electrons. The third-order valence-corrected chi connectivity index (χ3v) is 3.03. The van der Waals surface area contributed by atoms with Crippen molar-refractivity contribution in [2.75, 3.05) is 19.8 Å². The molecule has 0 amide bonds. The Balaban J connectivity index is 2.01. The van der Waals surface area contributed by atoms with Crippen LogP contribution in [0.2, 0.25) is 0 Å². The molecule has 0 aliphatic carbocycles. The summed E-state index contributed by atoms with van der Waals surface area (Å²) in [6.45, 7) is 2.56. The summed E-state index contributed by atoms with van der Waals surface area (Å²) in [4.78, 5) is 17.2. The largest absolute Gasteiger partial charge is 0.481 e. The first-order valence-electron chi connectivity index (χ1n) is 5.66. The monoisotopic (exact) mass is 239 g/mol. The Morgan fingerprint density at radius 1 is 1.71 bits per heavy atom. The second-order valence-electron chi connectivity index (χ2n) is 4.25. The molecule has 0 saturated carbocycles. The predicted molar refractivity (Wildman–Crippen MR) is 60.5 cm³/mol. The van der Waals surface area contributed by atoms with Crippen LogP contribution < -0.4 is 0 Å². The van der Waals surface area contributed by atoms with Gasteiger partial charge in [0.1, 0.15) is 5.82 Å². The fourth-order valence-corrected chi connectivity index (χ4v) is 2.02. The average molecular weight is 239 g/mol. The lowest BCUT2D eigenvalue weighted by atomic mass is 10.1. The van der Waals surface area contributed by atoms with Gasteiger partial charge >= 0.3 is 5.97 Å². The molecule has 17 heavy (non-hydrogen) atoms. The van der Waals surface area contributed by atoms with E-state index in [-0.39, 0.29) is 12.5 Å². The molecule has 0 spiro atoms. The highest BCUT2D eigenvalue weighted by atomic mass is 16.5. The molecule has 0 aromatic carbocycles. The molecule has 1 fully saturated rings. The number of ether oxygens (including phenoxy) is 1. The summed E-state index contributed by atoms with van der Waals surface area (Å²) in [7, 11) is 1.94. The van der Waals surface area contributed by atoms with E-state index in [1.165, 1.54) is 0 Å². The van der Waals surface area contributed by atoms with E-state index in [0.29, 0.717) is 19.8 Å². The summed E-state index contributed by atoms with van der Waals surface area (Å²) in [6.07, 6.45) is 3.76. The van der Waals surface area contributed by atoms with Crippen molar-refractivity contribution in [2.24, 2.45) is 7.05 Å². The second kappa shape index (κ2) is 5.29. The van der Waals surface area contributed by atoms with E-state index in [2.05, 4.69) is 9.88 Å². The van der Waals surface area contributed by atoms with E-state index in [4.69, 9.17) is 9.84 Å². The highest BCUT2D eigenvalue weighted by Gasteiger charge is 2.26. The fourth-order valence-electron chi connectivity index (χ4n) is 2.02. The van der Waals surface area contributed by atoms with E-state index in [1.807, 2.05) is 17.8 Å². The number of imidazole rings is 1. The van der Waals surface area contributed by atoms with E-state index in [1.54, 1.807) is 6.20 Å². The maximum Gasteiger partial charge on any atom is 0.305 e. The van der Waals surface area contributed by atoms with Gasteiger partial charge in [-0.1, -0.05) is 0 Å². The number of rotatable bonds is 4. The minimum Gasteiger partial charge on any atom is -0.481 e. The second-order valence-corrected chi connectivity index (χ2v) is 4.25. The van der Waals surface area contributed by atoms with Crippen molar-refractivity contribution in [3.8, 4) is 0 Å². The van der Waals surface area contributed by atoms with Crippen LogP contribution in [-0.4, -0.2) is 51.3 Å². The van der Waals surface area contributed by atoms with E-state index in [0.717, 1.165) is 12.4 Å². The average Bonchev–Trinajstić information content (AvgIpc) is 2.67. The van der Waals surface area contributed by atoms with Crippen molar-refractivity contribution in [1.29, 1.82) is 0 Å². The van der Waals surface area contributed by atoms with Gasteiger partial charge in [0.15, 0.2) is 0 Å². The molecule has 0 radical (unpaired) electrons. The van der Waals surface area contributed by atoms with Gasteiger partial charge in [-0.2, -0.15) is 0 Å². The standard InChI is InChI=1S/C11H17N3O3/c1-13-3-2-12-10(13)7-14-4-5-17-8-9(14)6-11(15)16/h2-3,9H,4-8H2,1H3,(H,15,16). The van der Waals surface area contributed by atoms with Crippen molar-refractivity contribution >= 4 is 5.97 Å². The van der Waals surface area contributed by atoms with Crippen LogP contribution in [0.15, 0.2) is 12.4 Å². The van der Waals surface area contributed by atoms with Gasteiger partial charge in [0.25, 0.3) is 0 Å². The molecule has 1 atom stereocenters. The molecule has 1 saturated heterocycles. The lowest BCUT2D eigenvalue weighted by Gasteiger charge is -2.34. The summed E-state index contributed by atoms with van der Waals surface area (Å²) in [6, 6.07) is -0.0575. The Morgan fingerprint density at radius 3 is 3.18 bits per heavy atom. The van der Waals surface area contributed by atoms with Crippen molar-refractivity contribution in [1.82, 2.24) is 14.5 Å². The van der Waals surface area contributed by atoms with Gasteiger partial charge in [0.05, 0.1) is 26.2 Å². The Kier molecular flexibility index (Phi) is 3.75. The van der Waals surface area contributed by atoms with E-state index in [9.17, 15) is 4.79 Å². The third kappa shape index (κ3) is 3.04. The predicted octanol–water partition coefficient (Wildman–Crippen LogP) is 0.0956. The van der Waals surface area contributed by atoms with Gasteiger partial charge in [-0.05, 0) is 0 Å². The highest BCUT2D eigenvalue weighted by Crippen LogP contribution is 2.13. The molecular weight excluding hydrogens is 222 g/mol. The van der Waals surface area contributed by atoms with Crippen LogP contribution in [0.3, 0.4) is 0 Å². The zero-order chi connectivity index (χ0) is 12.3. The molecule has 1 aliphatic rings. The Bertz CT molecular complexity index is 391. The van der Waals surface area contributed by atoms with Crippen LogP contribution in [0.1, 0.15) is 12.2 Å². The number of aryl methyl sites for hydroxylation is 1. The van der Waals surface area contributed by atoms with Crippen molar-refractivity contribution in [3.63, 3.8) is 0 Å². The zero-order valence-corrected chi connectivity index (χ0v) is 9.87. The van der Waals surface area contributed by atoms with Gasteiger partial charge in [0, 0.05) is 32.0 Å². The number of carboxylic acids is 1. The van der Waals surface area contributed by atoms with Gasteiger partial charge < -0.3 is 14.4 Å². The smallest absolute Gasteiger partial charge is 0.305 e. The van der Waals surface area contributed by atoms with Crippen molar-refractivity contribution < 1.29 is 14.6 Å². The maximum absolute atomic E-state index is 10.8. The van der Waals surface area contributed by atoms with Gasteiger partial charge in [-0.25, -0.2) is 4.98 Å². The van der Waals surface area contributed by atoms with Gasteiger partial charge in [-0.15, -0.1) is 0 Å². The Labute approximate surface area is 99.8 Å². The SMILES string of the molecule is Cn1ccnc1CN1CCOCC1CC(=O)O. The first-order chi connectivity index (χ1) is 8.16. The summed E-state index contributed by atoms with van der Waals surface area (Å²) in [5.41, 5.74) is 0. The molecule has 2 rings (SSSR count). The number of aliphatic carboxylic acids is 1. The van der Waals surface area contributed by atoms with Crippen LogP contribution in [0, 0.1) is 0 Å². The summed E-state index contributed by atoms with van der Waals surface area (Å²) < 4.78 is 7.28. The Morgan fingerprint density at radius 2 is 2.53 bits per heavy atom. The topological polar surface area (TPSA) is 67.6 Å². The van der Waals surface area contributed by atoms with Crippen LogP contribution >= 0.6 is 0 Å². The maximum atomic E-state index is 10.8. The zero-order valence-electron chi connectivity index (χ0n) is 9.87.